The minimum Gasteiger partial charge on any atom is -0.302 e. The van der Waals surface area contributed by atoms with Gasteiger partial charge < -0.3 is 4.55 Å². The number of rotatable bonds is 2. The SMILES string of the molecule is Cc1cc(S(=O)O)c(C)c(S(C)(=O)=O)c1. The molecule has 1 aromatic carbocycles. The maximum absolute atomic E-state index is 11.4. The molecule has 0 aromatic heterocycles. The van der Waals surface area contributed by atoms with E-state index in [-0.39, 0.29) is 9.79 Å². The molecule has 0 aliphatic carbocycles. The van der Waals surface area contributed by atoms with Gasteiger partial charge in [0.1, 0.15) is 0 Å². The Morgan fingerprint density at radius 3 is 2.20 bits per heavy atom. The molecule has 0 amide bonds. The zero-order valence-corrected chi connectivity index (χ0v) is 10.3. The Morgan fingerprint density at radius 2 is 1.80 bits per heavy atom. The molecule has 0 aliphatic rings. The van der Waals surface area contributed by atoms with Gasteiger partial charge in [-0.05, 0) is 37.1 Å². The molecule has 1 rings (SSSR count). The average molecular weight is 248 g/mol. The Morgan fingerprint density at radius 1 is 1.27 bits per heavy atom. The van der Waals surface area contributed by atoms with E-state index in [1.165, 1.54) is 19.1 Å². The van der Waals surface area contributed by atoms with Crippen LogP contribution in [-0.4, -0.2) is 23.4 Å². The highest BCUT2D eigenvalue weighted by Crippen LogP contribution is 2.23. The molecule has 1 aromatic rings. The van der Waals surface area contributed by atoms with Gasteiger partial charge in [0.05, 0.1) is 9.79 Å². The van der Waals surface area contributed by atoms with Crippen LogP contribution in [0, 0.1) is 13.8 Å². The molecule has 1 N–H and O–H groups in total. The molecule has 0 radical (unpaired) electrons. The van der Waals surface area contributed by atoms with E-state index in [1.54, 1.807) is 6.92 Å². The normalized spacial score (nSPS) is 13.9. The predicted octanol–water partition coefficient (Wildman–Crippen LogP) is 1.29. The summed E-state index contributed by atoms with van der Waals surface area (Å²) in [6.07, 6.45) is 1.08. The van der Waals surface area contributed by atoms with Crippen molar-refractivity contribution in [2.45, 2.75) is 23.6 Å². The highest BCUT2D eigenvalue weighted by molar-refractivity contribution is 7.90. The topological polar surface area (TPSA) is 71.4 Å². The van der Waals surface area contributed by atoms with Crippen molar-refractivity contribution in [3.63, 3.8) is 0 Å². The Hall–Kier alpha value is -0.720. The second-order valence-electron chi connectivity index (χ2n) is 3.41. The average Bonchev–Trinajstić information content (AvgIpc) is 2.06. The maximum Gasteiger partial charge on any atom is 0.186 e. The van der Waals surface area contributed by atoms with Gasteiger partial charge >= 0.3 is 0 Å². The van der Waals surface area contributed by atoms with Crippen LogP contribution >= 0.6 is 0 Å². The molecule has 0 aliphatic heterocycles. The highest BCUT2D eigenvalue weighted by atomic mass is 32.2. The van der Waals surface area contributed by atoms with Crippen molar-refractivity contribution in [2.75, 3.05) is 6.26 Å². The molecule has 6 heteroatoms. The molecule has 0 bridgehead atoms. The molecule has 0 heterocycles. The van der Waals surface area contributed by atoms with Gasteiger partial charge in [0.15, 0.2) is 20.9 Å². The van der Waals surface area contributed by atoms with Crippen LogP contribution < -0.4 is 0 Å². The molecular formula is C9H12O4S2. The van der Waals surface area contributed by atoms with Crippen LogP contribution in [0.3, 0.4) is 0 Å². The molecule has 0 fully saturated rings. The largest absolute Gasteiger partial charge is 0.302 e. The molecule has 0 saturated carbocycles. The fraction of sp³-hybridized carbons (Fsp3) is 0.333. The van der Waals surface area contributed by atoms with Crippen LogP contribution in [0.4, 0.5) is 0 Å². The second-order valence-corrected chi connectivity index (χ2v) is 6.33. The van der Waals surface area contributed by atoms with E-state index in [9.17, 15) is 12.6 Å². The number of hydrogen-bond acceptors (Lipinski definition) is 3. The van der Waals surface area contributed by atoms with E-state index in [0.29, 0.717) is 11.1 Å². The van der Waals surface area contributed by atoms with E-state index >= 15 is 0 Å². The molecule has 1 unspecified atom stereocenters. The van der Waals surface area contributed by atoms with Crippen LogP contribution in [0.1, 0.15) is 11.1 Å². The molecule has 4 nitrogen and oxygen atoms in total. The van der Waals surface area contributed by atoms with Gasteiger partial charge in [-0.3, -0.25) is 0 Å². The lowest BCUT2D eigenvalue weighted by Crippen LogP contribution is -2.04. The summed E-state index contributed by atoms with van der Waals surface area (Å²) in [6.45, 7) is 3.21. The number of sulfone groups is 1. The predicted molar refractivity (Wildman–Crippen MR) is 58.1 cm³/mol. The van der Waals surface area contributed by atoms with Gasteiger partial charge in [-0.25, -0.2) is 12.6 Å². The quantitative estimate of drug-likeness (QED) is 0.800. The first-order valence-electron chi connectivity index (χ1n) is 4.15. The molecule has 15 heavy (non-hydrogen) atoms. The van der Waals surface area contributed by atoms with Gasteiger partial charge in [0.2, 0.25) is 0 Å². The van der Waals surface area contributed by atoms with Crippen LogP contribution in [-0.2, 0) is 20.9 Å². The lowest BCUT2D eigenvalue weighted by Gasteiger charge is -2.08. The third kappa shape index (κ3) is 2.64. The van der Waals surface area contributed by atoms with Crippen molar-refractivity contribution in [3.05, 3.63) is 23.3 Å². The first-order valence-corrected chi connectivity index (χ1v) is 7.15. The smallest absolute Gasteiger partial charge is 0.186 e. The third-order valence-electron chi connectivity index (χ3n) is 2.04. The van der Waals surface area contributed by atoms with Gasteiger partial charge in [-0.15, -0.1) is 0 Å². The molecule has 0 spiro atoms. The van der Waals surface area contributed by atoms with Gasteiger partial charge in [-0.2, -0.15) is 0 Å². The van der Waals surface area contributed by atoms with E-state index in [4.69, 9.17) is 4.55 Å². The van der Waals surface area contributed by atoms with Crippen molar-refractivity contribution < 1.29 is 17.2 Å². The minimum atomic E-state index is -3.36. The second kappa shape index (κ2) is 4.03. The highest BCUT2D eigenvalue weighted by Gasteiger charge is 2.16. The molecule has 0 saturated heterocycles. The fourth-order valence-corrected chi connectivity index (χ4v) is 3.15. The Balaban J connectivity index is 3.63. The molecule has 1 atom stereocenters. The Labute approximate surface area is 91.5 Å². The standard InChI is InChI=1S/C9H12O4S2/c1-6-4-8(14(10)11)7(2)9(5-6)15(3,12)13/h4-5H,1-3H3,(H,10,11). The third-order valence-corrected chi connectivity index (χ3v) is 4.07. The van der Waals surface area contributed by atoms with Crippen molar-refractivity contribution >= 4 is 20.9 Å². The lowest BCUT2D eigenvalue weighted by atomic mass is 10.2. The summed E-state index contributed by atoms with van der Waals surface area (Å²) in [7, 11) is -3.36. The summed E-state index contributed by atoms with van der Waals surface area (Å²) in [5.74, 6) is 0. The Bertz CT molecular complexity index is 517. The summed E-state index contributed by atoms with van der Waals surface area (Å²) in [5.41, 5.74) is 0.988. The van der Waals surface area contributed by atoms with Crippen LogP contribution in [0.2, 0.25) is 0 Å². The van der Waals surface area contributed by atoms with E-state index in [1.807, 2.05) is 0 Å². The number of hydrogen-bond donors (Lipinski definition) is 1. The summed E-state index contributed by atoms with van der Waals surface area (Å²) >= 11 is -2.16. The number of aryl methyl sites for hydroxylation is 1. The maximum atomic E-state index is 11.4. The summed E-state index contributed by atoms with van der Waals surface area (Å²) in [5, 5.41) is 0. The zero-order valence-electron chi connectivity index (χ0n) is 8.64. The lowest BCUT2D eigenvalue weighted by molar-refractivity contribution is 0.563. The summed E-state index contributed by atoms with van der Waals surface area (Å²) in [6, 6.07) is 3.02. The van der Waals surface area contributed by atoms with Crippen LogP contribution in [0.25, 0.3) is 0 Å². The first kappa shape index (κ1) is 12.4. The van der Waals surface area contributed by atoms with Crippen LogP contribution in [0.15, 0.2) is 21.9 Å². The summed E-state index contributed by atoms with van der Waals surface area (Å²) in [4.78, 5) is 0.260. The van der Waals surface area contributed by atoms with E-state index in [0.717, 1.165) is 6.26 Å². The molecule has 84 valence electrons. The van der Waals surface area contributed by atoms with Crippen molar-refractivity contribution in [1.29, 1.82) is 0 Å². The molecular weight excluding hydrogens is 236 g/mol. The summed E-state index contributed by atoms with van der Waals surface area (Å²) < 4.78 is 42.8. The van der Waals surface area contributed by atoms with Gasteiger partial charge in [0.25, 0.3) is 0 Å². The number of benzene rings is 1. The van der Waals surface area contributed by atoms with Gasteiger partial charge in [0, 0.05) is 6.26 Å². The first-order chi connectivity index (χ1) is 6.73. The fourth-order valence-electron chi connectivity index (χ4n) is 1.36. The zero-order chi connectivity index (χ0) is 11.8. The Kier molecular flexibility index (Phi) is 3.32. The van der Waals surface area contributed by atoms with Crippen LogP contribution in [0.5, 0.6) is 0 Å². The van der Waals surface area contributed by atoms with Crippen molar-refractivity contribution in [1.82, 2.24) is 0 Å². The van der Waals surface area contributed by atoms with Crippen molar-refractivity contribution in [3.8, 4) is 0 Å². The minimum absolute atomic E-state index is 0.111. The van der Waals surface area contributed by atoms with Gasteiger partial charge in [-0.1, -0.05) is 0 Å². The van der Waals surface area contributed by atoms with E-state index in [2.05, 4.69) is 0 Å². The monoisotopic (exact) mass is 248 g/mol. The van der Waals surface area contributed by atoms with Crippen molar-refractivity contribution in [2.24, 2.45) is 0 Å². The van der Waals surface area contributed by atoms with E-state index < -0.39 is 20.9 Å².